The minimum absolute atomic E-state index is 0.0654. The molecule has 0 radical (unpaired) electrons. The van der Waals surface area contributed by atoms with Gasteiger partial charge in [-0.2, -0.15) is 0 Å². The lowest BCUT2D eigenvalue weighted by Gasteiger charge is -2.20. The van der Waals surface area contributed by atoms with Crippen molar-refractivity contribution >= 4 is 17.7 Å². The highest BCUT2D eigenvalue weighted by Crippen LogP contribution is 2.17. The van der Waals surface area contributed by atoms with Crippen molar-refractivity contribution in [2.45, 2.75) is 39.7 Å². The van der Waals surface area contributed by atoms with Crippen LogP contribution in [0.2, 0.25) is 0 Å². The minimum atomic E-state index is -0.685. The molecule has 29 heavy (non-hydrogen) atoms. The lowest BCUT2D eigenvalue weighted by atomic mass is 10.0. The maximum Gasteiger partial charge on any atom is 0.357 e. The van der Waals surface area contributed by atoms with E-state index in [4.69, 9.17) is 9.47 Å². The molecule has 0 heterocycles. The maximum atomic E-state index is 12.8. The van der Waals surface area contributed by atoms with Crippen LogP contribution in [0.4, 0.5) is 0 Å². The molecular weight excluding hydrogens is 366 g/mol. The molecule has 0 aliphatic carbocycles. The van der Waals surface area contributed by atoms with Crippen molar-refractivity contribution in [3.63, 3.8) is 0 Å². The molecule has 0 saturated carbocycles. The molecule has 0 bridgehead atoms. The zero-order chi connectivity index (χ0) is 21.3. The highest BCUT2D eigenvalue weighted by atomic mass is 16.6. The number of benzene rings is 2. The summed E-state index contributed by atoms with van der Waals surface area (Å²) in [6.45, 7) is 7.36. The van der Waals surface area contributed by atoms with Crippen molar-refractivity contribution in [3.05, 3.63) is 83.6 Å². The molecule has 2 aromatic carbocycles. The lowest BCUT2D eigenvalue weighted by molar-refractivity contribution is -0.149. The molecule has 0 aliphatic heterocycles. The summed E-state index contributed by atoms with van der Waals surface area (Å²) < 4.78 is 10.5. The summed E-state index contributed by atoms with van der Waals surface area (Å²) in [5, 5.41) is 0. The van der Waals surface area contributed by atoms with Gasteiger partial charge in [0.25, 0.3) is 0 Å². The number of hydrogen-bond acceptors (Lipinski definition) is 5. The van der Waals surface area contributed by atoms with Crippen molar-refractivity contribution < 1.29 is 19.1 Å². The quantitative estimate of drug-likeness (QED) is 0.388. The first kappa shape index (κ1) is 22.1. The van der Waals surface area contributed by atoms with Gasteiger partial charge in [-0.05, 0) is 33.8 Å². The van der Waals surface area contributed by atoms with Crippen LogP contribution in [0, 0.1) is 0 Å². The first-order chi connectivity index (χ1) is 13.8. The Morgan fingerprint density at radius 1 is 0.931 bits per heavy atom. The summed E-state index contributed by atoms with van der Waals surface area (Å²) in [5.41, 5.74) is 1.70. The topological polar surface area (TPSA) is 65.0 Å². The number of carbonyl (C=O) groups is 2. The Balaban J connectivity index is 2.52. The van der Waals surface area contributed by atoms with Crippen molar-refractivity contribution in [2.24, 2.45) is 4.99 Å². The van der Waals surface area contributed by atoms with Gasteiger partial charge in [-0.1, -0.05) is 60.7 Å². The Hall–Kier alpha value is -3.21. The van der Waals surface area contributed by atoms with E-state index in [-0.39, 0.29) is 18.7 Å². The molecular formula is C24H27NO4. The van der Waals surface area contributed by atoms with Crippen LogP contribution in [0.3, 0.4) is 0 Å². The number of ether oxygens (including phenoxy) is 2. The van der Waals surface area contributed by atoms with E-state index in [1.54, 1.807) is 27.7 Å². The van der Waals surface area contributed by atoms with Crippen molar-refractivity contribution in [2.75, 3.05) is 6.61 Å². The standard InChI is InChI=1S/C24H27NO4/c1-5-28-21(26)17-16-20(23(27)29-24(2,3)4)25-22(18-12-8-6-9-13-18)19-14-10-7-11-15-19/h6-16H,5,17H2,1-4H3/b20-16+. The molecule has 5 nitrogen and oxygen atoms in total. The van der Waals surface area contributed by atoms with Crippen molar-refractivity contribution in [1.82, 2.24) is 0 Å². The smallest absolute Gasteiger partial charge is 0.357 e. The van der Waals surface area contributed by atoms with Gasteiger partial charge in [0.15, 0.2) is 0 Å². The maximum absolute atomic E-state index is 12.8. The van der Waals surface area contributed by atoms with E-state index in [1.807, 2.05) is 60.7 Å². The molecule has 0 aromatic heterocycles. The van der Waals surface area contributed by atoms with E-state index >= 15 is 0 Å². The normalized spacial score (nSPS) is 11.5. The van der Waals surface area contributed by atoms with Crippen molar-refractivity contribution in [3.8, 4) is 0 Å². The predicted molar refractivity (Wildman–Crippen MR) is 114 cm³/mol. The molecule has 0 amide bonds. The molecule has 0 unspecified atom stereocenters. The molecule has 152 valence electrons. The van der Waals surface area contributed by atoms with E-state index in [2.05, 4.69) is 4.99 Å². The lowest BCUT2D eigenvalue weighted by Crippen LogP contribution is -2.25. The molecule has 0 spiro atoms. The first-order valence-corrected chi connectivity index (χ1v) is 9.59. The average molecular weight is 393 g/mol. The molecule has 0 N–H and O–H groups in total. The number of aliphatic imine (C=N–C) groups is 1. The van der Waals surface area contributed by atoms with Crippen LogP contribution in [-0.4, -0.2) is 29.9 Å². The zero-order valence-corrected chi connectivity index (χ0v) is 17.3. The molecule has 0 atom stereocenters. The van der Waals surface area contributed by atoms with E-state index in [0.717, 1.165) is 11.1 Å². The highest BCUT2D eigenvalue weighted by Gasteiger charge is 2.21. The Morgan fingerprint density at radius 2 is 1.45 bits per heavy atom. The van der Waals surface area contributed by atoms with Gasteiger partial charge >= 0.3 is 11.9 Å². The minimum Gasteiger partial charge on any atom is -0.466 e. The number of rotatable bonds is 7. The summed E-state index contributed by atoms with van der Waals surface area (Å²) in [7, 11) is 0. The molecule has 0 aliphatic rings. The van der Waals surface area contributed by atoms with Gasteiger partial charge < -0.3 is 9.47 Å². The van der Waals surface area contributed by atoms with Gasteiger partial charge in [-0.3, -0.25) is 4.79 Å². The fraction of sp³-hybridized carbons (Fsp3) is 0.292. The van der Waals surface area contributed by atoms with Gasteiger partial charge in [0, 0.05) is 11.1 Å². The summed E-state index contributed by atoms with van der Waals surface area (Å²) in [6, 6.07) is 19.1. The Bertz CT molecular complexity index is 837. The average Bonchev–Trinajstić information content (AvgIpc) is 2.68. The van der Waals surface area contributed by atoms with Crippen LogP contribution < -0.4 is 0 Å². The van der Waals surface area contributed by atoms with Gasteiger partial charge in [0.1, 0.15) is 11.3 Å². The van der Waals surface area contributed by atoms with Gasteiger partial charge in [-0.25, -0.2) is 9.79 Å². The Labute approximate surface area is 172 Å². The van der Waals surface area contributed by atoms with Crippen LogP contribution in [0.15, 0.2) is 77.4 Å². The van der Waals surface area contributed by atoms with Crippen molar-refractivity contribution in [1.29, 1.82) is 0 Å². The Morgan fingerprint density at radius 3 is 1.90 bits per heavy atom. The fourth-order valence-electron chi connectivity index (χ4n) is 2.51. The highest BCUT2D eigenvalue weighted by molar-refractivity contribution is 6.14. The predicted octanol–water partition coefficient (Wildman–Crippen LogP) is 4.70. The molecule has 0 fully saturated rings. The third kappa shape index (κ3) is 7.37. The Kier molecular flexibility index (Phi) is 7.89. The van der Waals surface area contributed by atoms with E-state index in [9.17, 15) is 9.59 Å². The SMILES string of the molecule is CCOC(=O)C/C=C(/N=C(c1ccccc1)c1ccccc1)C(=O)OC(C)(C)C. The number of carbonyl (C=O) groups excluding carboxylic acids is 2. The molecule has 5 heteroatoms. The van der Waals surface area contributed by atoms with E-state index in [0.29, 0.717) is 5.71 Å². The monoisotopic (exact) mass is 393 g/mol. The summed E-state index contributed by atoms with van der Waals surface area (Å²) in [4.78, 5) is 29.2. The third-order valence-electron chi connectivity index (χ3n) is 3.70. The third-order valence-corrected chi connectivity index (χ3v) is 3.70. The summed E-state index contributed by atoms with van der Waals surface area (Å²) in [6.07, 6.45) is 1.39. The second-order valence-corrected chi connectivity index (χ2v) is 7.29. The second kappa shape index (κ2) is 10.4. The van der Waals surface area contributed by atoms with Crippen LogP contribution in [-0.2, 0) is 19.1 Å². The number of nitrogens with zero attached hydrogens (tertiary/aromatic N) is 1. The molecule has 2 rings (SSSR count). The summed E-state index contributed by atoms with van der Waals surface area (Å²) in [5.74, 6) is -1.02. The number of esters is 2. The zero-order valence-electron chi connectivity index (χ0n) is 17.3. The van der Waals surface area contributed by atoms with Crippen LogP contribution in [0.5, 0.6) is 0 Å². The van der Waals surface area contributed by atoms with Gasteiger partial charge in [0.2, 0.25) is 0 Å². The van der Waals surface area contributed by atoms with Crippen LogP contribution in [0.25, 0.3) is 0 Å². The molecule has 0 saturated heterocycles. The summed E-state index contributed by atoms with van der Waals surface area (Å²) >= 11 is 0. The van der Waals surface area contributed by atoms with Crippen LogP contribution in [0.1, 0.15) is 45.2 Å². The second-order valence-electron chi connectivity index (χ2n) is 7.29. The fourth-order valence-corrected chi connectivity index (χ4v) is 2.51. The van der Waals surface area contributed by atoms with Gasteiger partial charge in [-0.15, -0.1) is 0 Å². The first-order valence-electron chi connectivity index (χ1n) is 9.59. The van der Waals surface area contributed by atoms with E-state index < -0.39 is 17.5 Å². The van der Waals surface area contributed by atoms with Crippen LogP contribution >= 0.6 is 0 Å². The largest absolute Gasteiger partial charge is 0.466 e. The number of hydrogen-bond donors (Lipinski definition) is 0. The van der Waals surface area contributed by atoms with Gasteiger partial charge in [0.05, 0.1) is 18.7 Å². The van der Waals surface area contributed by atoms with E-state index in [1.165, 1.54) is 6.08 Å². The molecule has 2 aromatic rings.